The Morgan fingerprint density at radius 2 is 1.36 bits per heavy atom. The fraction of sp³-hybridized carbons (Fsp3) is 0.333. The van der Waals surface area contributed by atoms with Crippen molar-refractivity contribution in [1.29, 1.82) is 0 Å². The molecule has 0 atom stereocenters. The Morgan fingerprint density at radius 3 is 1.80 bits per heavy atom. The summed E-state index contributed by atoms with van der Waals surface area (Å²) >= 11 is 9.97. The minimum Gasteiger partial charge on any atom is -0.741 e. The van der Waals surface area contributed by atoms with Gasteiger partial charge >= 0.3 is 17.1 Å². The maximum atomic E-state index is 5.00. The summed E-state index contributed by atoms with van der Waals surface area (Å²) in [6.07, 6.45) is 0. The summed E-state index contributed by atoms with van der Waals surface area (Å²) < 4.78 is 0. The molecule has 0 bridgehead atoms. The van der Waals surface area contributed by atoms with Gasteiger partial charge in [0, 0.05) is 39.4 Å². The van der Waals surface area contributed by atoms with Crippen molar-refractivity contribution in [2.24, 2.45) is 20.4 Å². The van der Waals surface area contributed by atoms with Crippen LogP contribution in [0, 0.1) is 0 Å². The van der Waals surface area contributed by atoms with E-state index >= 15 is 0 Å². The van der Waals surface area contributed by atoms with Crippen molar-refractivity contribution in [3.63, 3.8) is 0 Å². The van der Waals surface area contributed by atoms with Gasteiger partial charge in [-0.25, -0.2) is 0 Å². The molecule has 0 unspecified atom stereocenters. The first kappa shape index (κ1) is 23.3. The fourth-order valence-electron chi connectivity index (χ4n) is 1.62. The van der Waals surface area contributed by atoms with Gasteiger partial charge in [0.15, 0.2) is 0 Å². The van der Waals surface area contributed by atoms with E-state index in [0.29, 0.717) is 16.6 Å². The Hall–Kier alpha value is -1.74. The van der Waals surface area contributed by atoms with E-state index in [0.717, 1.165) is 11.3 Å². The Morgan fingerprint density at radius 1 is 0.880 bits per heavy atom. The van der Waals surface area contributed by atoms with Gasteiger partial charge in [-0.2, -0.15) is 15.3 Å². The molecule has 25 heavy (non-hydrogen) atoms. The van der Waals surface area contributed by atoms with E-state index < -0.39 is 0 Å². The molecule has 0 spiro atoms. The van der Waals surface area contributed by atoms with Crippen LogP contribution in [0.25, 0.3) is 0 Å². The zero-order valence-electron chi connectivity index (χ0n) is 14.7. The van der Waals surface area contributed by atoms with Gasteiger partial charge in [0.05, 0.1) is 5.71 Å². The second-order valence-electron chi connectivity index (χ2n) is 4.89. The number of nitrogens with one attached hydrogen (secondary N) is 2. The monoisotopic (exact) mass is 426 g/mol. The minimum absolute atomic E-state index is 0. The summed E-state index contributed by atoms with van der Waals surface area (Å²) in [7, 11) is 7.34. The van der Waals surface area contributed by atoms with Crippen molar-refractivity contribution in [2.45, 2.75) is 6.92 Å². The zero-order chi connectivity index (χ0) is 18.1. The first-order valence-corrected chi connectivity index (χ1v) is 7.96. The number of hydrogen-bond acceptors (Lipinski definition) is 7. The molecule has 0 saturated carbocycles. The van der Waals surface area contributed by atoms with E-state index in [2.05, 4.69) is 31.0 Å². The molecule has 1 aromatic rings. The Bertz CT molecular complexity index is 667. The van der Waals surface area contributed by atoms with Crippen molar-refractivity contribution in [3.8, 4) is 0 Å². The summed E-state index contributed by atoms with van der Waals surface area (Å²) in [5.74, 6) is 0. The molecule has 1 rings (SSSR count). The molecule has 0 saturated heterocycles. The van der Waals surface area contributed by atoms with Gasteiger partial charge in [-0.1, -0.05) is 12.1 Å². The molecule has 7 nitrogen and oxygen atoms in total. The maximum absolute atomic E-state index is 5.00. The van der Waals surface area contributed by atoms with Crippen LogP contribution in [0.1, 0.15) is 12.5 Å². The van der Waals surface area contributed by atoms with E-state index in [1.54, 1.807) is 21.0 Å². The number of amidine groups is 2. The van der Waals surface area contributed by atoms with E-state index in [4.69, 9.17) is 25.3 Å². The van der Waals surface area contributed by atoms with Crippen LogP contribution in [0.2, 0.25) is 0 Å². The van der Waals surface area contributed by atoms with E-state index in [-0.39, 0.29) is 22.2 Å². The third-order valence-electron chi connectivity index (χ3n) is 2.96. The van der Waals surface area contributed by atoms with Crippen molar-refractivity contribution in [1.82, 2.24) is 10.6 Å². The molecule has 2 N–H and O–H groups in total. The molecule has 0 fully saturated rings. The number of anilines is 1. The average Bonchev–Trinajstić information content (AvgIpc) is 2.59. The predicted molar refractivity (Wildman–Crippen MR) is 108 cm³/mol. The van der Waals surface area contributed by atoms with Crippen molar-refractivity contribution in [2.75, 3.05) is 33.1 Å². The van der Waals surface area contributed by atoms with Crippen LogP contribution in [0.3, 0.4) is 0 Å². The first-order chi connectivity index (χ1) is 11.4. The SMILES string of the molecule is CNC([S-])=NN=C(C)C(=NN=C([S-])NC)c1ccc(N(C)C)cc1.[Cu+2]. The van der Waals surface area contributed by atoms with Crippen LogP contribution in [0.15, 0.2) is 44.7 Å². The van der Waals surface area contributed by atoms with Gasteiger partial charge in [-0.3, -0.25) is 0 Å². The number of nitrogens with zero attached hydrogens (tertiary/aromatic N) is 5. The quantitative estimate of drug-likeness (QED) is 0.242. The fourth-order valence-corrected chi connectivity index (χ4v) is 1.70. The standard InChI is InChI=1S/C15H23N7S2.Cu/c1-10(18-20-14(23)16-2)13(19-21-15(24)17-3)11-6-8-12(9-7-11)22(4)5;/h6-9H,1-5H3,(H2,16,20,23)(H2,17,21,24);/q;+2/p-2. The van der Waals surface area contributed by atoms with Crippen molar-refractivity contribution < 1.29 is 17.1 Å². The topological polar surface area (TPSA) is 76.7 Å². The van der Waals surface area contributed by atoms with Crippen LogP contribution >= 0.6 is 0 Å². The molecule has 0 heterocycles. The molecule has 0 amide bonds. The Labute approximate surface area is 170 Å². The van der Waals surface area contributed by atoms with E-state index in [1.165, 1.54) is 0 Å². The molecular weight excluding hydrogens is 406 g/mol. The van der Waals surface area contributed by atoms with Gasteiger partial charge in [-0.05, 0) is 29.4 Å². The third kappa shape index (κ3) is 7.78. The average molecular weight is 427 g/mol. The van der Waals surface area contributed by atoms with Crippen molar-refractivity contribution >= 4 is 52.7 Å². The molecule has 1 aromatic carbocycles. The largest absolute Gasteiger partial charge is 2.00 e. The van der Waals surface area contributed by atoms with Crippen LogP contribution in [-0.2, 0) is 42.3 Å². The molecule has 0 aliphatic rings. The molecule has 0 aliphatic carbocycles. The molecule has 0 aliphatic heterocycles. The summed E-state index contributed by atoms with van der Waals surface area (Å²) in [6, 6.07) is 7.87. The van der Waals surface area contributed by atoms with Gasteiger partial charge < -0.3 is 40.8 Å². The van der Waals surface area contributed by atoms with Crippen LogP contribution in [-0.4, -0.2) is 49.9 Å². The molecular formula is C15H21CuN7S2. The molecule has 139 valence electrons. The number of benzene rings is 1. The smallest absolute Gasteiger partial charge is 0.741 e. The summed E-state index contributed by atoms with van der Waals surface area (Å²) in [6.45, 7) is 1.79. The third-order valence-corrected chi connectivity index (χ3v) is 3.53. The zero-order valence-corrected chi connectivity index (χ0v) is 17.2. The second kappa shape index (κ2) is 11.8. The summed E-state index contributed by atoms with van der Waals surface area (Å²) in [5, 5.41) is 22.3. The normalized spacial score (nSPS) is 13.2. The predicted octanol–water partition coefficient (Wildman–Crippen LogP) is 1.07. The second-order valence-corrected chi connectivity index (χ2v) is 5.66. The summed E-state index contributed by atoms with van der Waals surface area (Å²) in [5.41, 5.74) is 3.08. The van der Waals surface area contributed by atoms with E-state index in [1.807, 2.05) is 43.3 Å². The van der Waals surface area contributed by atoms with Gasteiger partial charge in [0.1, 0.15) is 5.71 Å². The van der Waals surface area contributed by atoms with Crippen molar-refractivity contribution in [3.05, 3.63) is 29.8 Å². The Balaban J connectivity index is 0.00000576. The molecule has 0 aromatic heterocycles. The molecule has 1 radical (unpaired) electrons. The van der Waals surface area contributed by atoms with Crippen LogP contribution < -0.4 is 15.5 Å². The molecule has 10 heteroatoms. The van der Waals surface area contributed by atoms with Gasteiger partial charge in [0.25, 0.3) is 0 Å². The van der Waals surface area contributed by atoms with Crippen LogP contribution in [0.5, 0.6) is 0 Å². The minimum atomic E-state index is 0. The number of hydrogen-bond donors (Lipinski definition) is 2. The Kier molecular flexibility index (Phi) is 10.9. The van der Waals surface area contributed by atoms with Gasteiger partial charge in [-0.15, -0.1) is 5.10 Å². The van der Waals surface area contributed by atoms with Gasteiger partial charge in [0.2, 0.25) is 0 Å². The first-order valence-electron chi connectivity index (χ1n) is 7.14. The maximum Gasteiger partial charge on any atom is 2.00 e. The van der Waals surface area contributed by atoms with Crippen LogP contribution in [0.4, 0.5) is 5.69 Å². The number of rotatable bonds is 5. The summed E-state index contributed by atoms with van der Waals surface area (Å²) in [4.78, 5) is 2.02. The van der Waals surface area contributed by atoms with E-state index in [9.17, 15) is 0 Å².